The lowest BCUT2D eigenvalue weighted by molar-refractivity contribution is 0.0780. The van der Waals surface area contributed by atoms with E-state index < -0.39 is 0 Å². The Balaban J connectivity index is 2.13. The molecule has 0 aliphatic carbocycles. The van der Waals surface area contributed by atoms with Gasteiger partial charge in [0.2, 0.25) is 0 Å². The molecule has 3 nitrogen and oxygen atoms in total. The van der Waals surface area contributed by atoms with E-state index in [0.717, 1.165) is 37.6 Å². The van der Waals surface area contributed by atoms with Crippen LogP contribution in [0.5, 0.6) is 0 Å². The molecule has 1 aliphatic heterocycles. The van der Waals surface area contributed by atoms with Gasteiger partial charge in [0.25, 0.3) is 0 Å². The third kappa shape index (κ3) is 2.22. The number of nitrogens with zero attached hydrogens (tertiary/aromatic N) is 2. The largest absolute Gasteiger partial charge is 0.381 e. The zero-order valence-electron chi connectivity index (χ0n) is 7.95. The average molecular weight is 213 g/mol. The highest BCUT2D eigenvalue weighted by atomic mass is 35.5. The SMILES string of the molecule is ClCc1ccnc(C2CCCOC2)n1. The van der Waals surface area contributed by atoms with E-state index in [9.17, 15) is 0 Å². The molecule has 1 unspecified atom stereocenters. The standard InChI is InChI=1S/C10H13ClN2O/c11-6-9-3-4-12-10(13-9)8-2-1-5-14-7-8/h3-4,8H,1-2,5-7H2. The summed E-state index contributed by atoms with van der Waals surface area (Å²) >= 11 is 5.72. The summed E-state index contributed by atoms with van der Waals surface area (Å²) in [4.78, 5) is 8.65. The number of ether oxygens (including phenoxy) is 1. The van der Waals surface area contributed by atoms with Crippen LogP contribution < -0.4 is 0 Å². The van der Waals surface area contributed by atoms with E-state index in [2.05, 4.69) is 9.97 Å². The summed E-state index contributed by atoms with van der Waals surface area (Å²) in [6.07, 6.45) is 3.99. The maximum Gasteiger partial charge on any atom is 0.133 e. The lowest BCUT2D eigenvalue weighted by Crippen LogP contribution is -2.18. The normalized spacial score (nSPS) is 22.2. The second kappa shape index (κ2) is 4.71. The van der Waals surface area contributed by atoms with Gasteiger partial charge in [-0.3, -0.25) is 0 Å². The van der Waals surface area contributed by atoms with Gasteiger partial charge in [-0.25, -0.2) is 9.97 Å². The summed E-state index contributed by atoms with van der Waals surface area (Å²) in [5, 5.41) is 0. The molecular formula is C10H13ClN2O. The fourth-order valence-corrected chi connectivity index (χ4v) is 1.78. The molecule has 76 valence electrons. The van der Waals surface area contributed by atoms with Crippen LogP contribution in [0, 0.1) is 0 Å². The predicted molar refractivity (Wildman–Crippen MR) is 54.4 cm³/mol. The van der Waals surface area contributed by atoms with E-state index in [1.165, 1.54) is 0 Å². The summed E-state index contributed by atoms with van der Waals surface area (Å²) in [5.74, 6) is 1.68. The highest BCUT2D eigenvalue weighted by Crippen LogP contribution is 2.22. The third-order valence-corrected chi connectivity index (χ3v) is 2.67. The van der Waals surface area contributed by atoms with Crippen LogP contribution in [0.25, 0.3) is 0 Å². The number of alkyl halides is 1. The Morgan fingerprint density at radius 1 is 1.57 bits per heavy atom. The van der Waals surface area contributed by atoms with E-state index >= 15 is 0 Å². The monoisotopic (exact) mass is 212 g/mol. The molecule has 0 bridgehead atoms. The van der Waals surface area contributed by atoms with Crippen LogP contribution in [0.1, 0.15) is 30.3 Å². The second-order valence-corrected chi connectivity index (χ2v) is 3.72. The smallest absolute Gasteiger partial charge is 0.133 e. The summed E-state index contributed by atoms with van der Waals surface area (Å²) in [7, 11) is 0. The molecule has 2 rings (SSSR count). The van der Waals surface area contributed by atoms with Gasteiger partial charge in [-0.1, -0.05) is 0 Å². The molecular weight excluding hydrogens is 200 g/mol. The number of aromatic nitrogens is 2. The van der Waals surface area contributed by atoms with Gasteiger partial charge < -0.3 is 4.74 Å². The lowest BCUT2D eigenvalue weighted by atomic mass is 10.0. The predicted octanol–water partition coefficient (Wildman–Crippen LogP) is 2.11. The molecule has 1 atom stereocenters. The Kier molecular flexibility index (Phi) is 3.32. The van der Waals surface area contributed by atoms with Crippen molar-refractivity contribution in [3.05, 3.63) is 23.8 Å². The first kappa shape index (κ1) is 9.87. The maximum atomic E-state index is 5.72. The van der Waals surface area contributed by atoms with Gasteiger partial charge in [-0.15, -0.1) is 11.6 Å². The molecule has 0 spiro atoms. The minimum atomic E-state index is 0.354. The Bertz CT molecular complexity index is 300. The van der Waals surface area contributed by atoms with Crippen molar-refractivity contribution in [1.82, 2.24) is 9.97 Å². The van der Waals surface area contributed by atoms with Crippen molar-refractivity contribution in [2.24, 2.45) is 0 Å². The van der Waals surface area contributed by atoms with Gasteiger partial charge >= 0.3 is 0 Å². The van der Waals surface area contributed by atoms with Crippen molar-refractivity contribution in [3.63, 3.8) is 0 Å². The topological polar surface area (TPSA) is 35.0 Å². The van der Waals surface area contributed by atoms with Crippen molar-refractivity contribution >= 4 is 11.6 Å². The van der Waals surface area contributed by atoms with Crippen LogP contribution in [0.15, 0.2) is 12.3 Å². The van der Waals surface area contributed by atoms with Crippen molar-refractivity contribution in [2.45, 2.75) is 24.6 Å². The summed E-state index contributed by atoms with van der Waals surface area (Å²) in [6, 6.07) is 1.85. The highest BCUT2D eigenvalue weighted by molar-refractivity contribution is 6.16. The van der Waals surface area contributed by atoms with Crippen LogP contribution in [0.4, 0.5) is 0 Å². The lowest BCUT2D eigenvalue weighted by Gasteiger charge is -2.20. The Morgan fingerprint density at radius 2 is 2.50 bits per heavy atom. The number of hydrogen-bond acceptors (Lipinski definition) is 3. The molecule has 1 saturated heterocycles. The van der Waals surface area contributed by atoms with E-state index in [-0.39, 0.29) is 0 Å². The third-order valence-electron chi connectivity index (χ3n) is 2.39. The number of hydrogen-bond donors (Lipinski definition) is 0. The molecule has 1 aromatic heterocycles. The van der Waals surface area contributed by atoms with Crippen LogP contribution in [0.3, 0.4) is 0 Å². The van der Waals surface area contributed by atoms with E-state index in [1.54, 1.807) is 6.20 Å². The van der Waals surface area contributed by atoms with Gasteiger partial charge in [0, 0.05) is 18.7 Å². The van der Waals surface area contributed by atoms with Gasteiger partial charge in [0.15, 0.2) is 0 Å². The quantitative estimate of drug-likeness (QED) is 0.705. The van der Waals surface area contributed by atoms with E-state index in [0.29, 0.717) is 11.8 Å². The van der Waals surface area contributed by atoms with E-state index in [4.69, 9.17) is 16.3 Å². The van der Waals surface area contributed by atoms with Crippen LogP contribution in [-0.4, -0.2) is 23.2 Å². The molecule has 14 heavy (non-hydrogen) atoms. The first-order chi connectivity index (χ1) is 6.90. The van der Waals surface area contributed by atoms with Crippen LogP contribution >= 0.6 is 11.6 Å². The molecule has 2 heterocycles. The molecule has 1 aromatic rings. The minimum absolute atomic E-state index is 0.354. The van der Waals surface area contributed by atoms with E-state index in [1.807, 2.05) is 6.07 Å². The Morgan fingerprint density at radius 3 is 3.21 bits per heavy atom. The fraction of sp³-hybridized carbons (Fsp3) is 0.600. The van der Waals surface area contributed by atoms with Crippen molar-refractivity contribution in [1.29, 1.82) is 0 Å². The molecule has 0 amide bonds. The minimum Gasteiger partial charge on any atom is -0.381 e. The van der Waals surface area contributed by atoms with Gasteiger partial charge in [-0.05, 0) is 18.9 Å². The number of halogens is 1. The Hall–Kier alpha value is -0.670. The molecule has 0 N–H and O–H groups in total. The first-order valence-corrected chi connectivity index (χ1v) is 5.39. The first-order valence-electron chi connectivity index (χ1n) is 4.85. The maximum absolute atomic E-state index is 5.72. The van der Waals surface area contributed by atoms with Gasteiger partial charge in [0.05, 0.1) is 18.2 Å². The van der Waals surface area contributed by atoms with Crippen LogP contribution in [0.2, 0.25) is 0 Å². The molecule has 0 saturated carbocycles. The zero-order chi connectivity index (χ0) is 9.80. The fourth-order valence-electron chi connectivity index (χ4n) is 1.63. The zero-order valence-corrected chi connectivity index (χ0v) is 8.70. The second-order valence-electron chi connectivity index (χ2n) is 3.45. The highest BCUT2D eigenvalue weighted by Gasteiger charge is 2.18. The van der Waals surface area contributed by atoms with Crippen LogP contribution in [-0.2, 0) is 10.6 Å². The Labute approximate surface area is 88.5 Å². The summed E-state index contributed by atoms with van der Waals surface area (Å²) in [5.41, 5.74) is 0.891. The van der Waals surface area contributed by atoms with Gasteiger partial charge in [0.1, 0.15) is 5.82 Å². The van der Waals surface area contributed by atoms with Gasteiger partial charge in [-0.2, -0.15) is 0 Å². The summed E-state index contributed by atoms with van der Waals surface area (Å²) < 4.78 is 5.40. The van der Waals surface area contributed by atoms with Crippen molar-refractivity contribution in [2.75, 3.05) is 13.2 Å². The van der Waals surface area contributed by atoms with Crippen molar-refractivity contribution < 1.29 is 4.74 Å². The number of rotatable bonds is 2. The average Bonchev–Trinajstić information content (AvgIpc) is 2.30. The summed E-state index contributed by atoms with van der Waals surface area (Å²) in [6.45, 7) is 1.61. The molecule has 0 radical (unpaired) electrons. The van der Waals surface area contributed by atoms with Crippen molar-refractivity contribution in [3.8, 4) is 0 Å². The molecule has 4 heteroatoms. The molecule has 0 aromatic carbocycles. The molecule has 1 aliphatic rings. The molecule has 1 fully saturated rings.